The molecule has 1 aromatic carbocycles. The van der Waals surface area contributed by atoms with Crippen molar-refractivity contribution in [1.82, 2.24) is 9.88 Å². The number of amides is 1. The molecular weight excluding hydrogens is 231 g/mol. The Labute approximate surface area is 105 Å². The van der Waals surface area contributed by atoms with Crippen LogP contribution in [0.2, 0.25) is 0 Å². The topological polar surface area (TPSA) is 33.2 Å². The molecule has 0 saturated carbocycles. The summed E-state index contributed by atoms with van der Waals surface area (Å²) >= 11 is 0. The maximum atomic E-state index is 13.0. The molecule has 2 aromatic rings. The van der Waals surface area contributed by atoms with Gasteiger partial charge in [-0.1, -0.05) is 6.07 Å². The second kappa shape index (κ2) is 5.40. The molecule has 0 aliphatic rings. The molecule has 1 aromatic heterocycles. The van der Waals surface area contributed by atoms with Gasteiger partial charge in [0.1, 0.15) is 5.82 Å². The number of pyridine rings is 1. The molecule has 0 aliphatic carbocycles. The first-order chi connectivity index (χ1) is 8.66. The smallest absolute Gasteiger partial charge is 0.253 e. The lowest BCUT2D eigenvalue weighted by Crippen LogP contribution is -2.26. The molecule has 0 fully saturated rings. The van der Waals surface area contributed by atoms with E-state index in [0.29, 0.717) is 12.1 Å². The summed E-state index contributed by atoms with van der Waals surface area (Å²) in [7, 11) is 1.69. The number of nitrogens with zero attached hydrogens (tertiary/aromatic N) is 2. The van der Waals surface area contributed by atoms with Gasteiger partial charge in [0.15, 0.2) is 0 Å². The third kappa shape index (κ3) is 2.91. The van der Waals surface area contributed by atoms with Crippen LogP contribution in [0.15, 0.2) is 48.8 Å². The zero-order valence-electron chi connectivity index (χ0n) is 10.0. The molecule has 0 spiro atoms. The Balaban J connectivity index is 2.10. The van der Waals surface area contributed by atoms with Crippen LogP contribution in [0.3, 0.4) is 0 Å². The highest BCUT2D eigenvalue weighted by molar-refractivity contribution is 5.93. The first-order valence-electron chi connectivity index (χ1n) is 5.57. The van der Waals surface area contributed by atoms with Gasteiger partial charge >= 0.3 is 0 Å². The van der Waals surface area contributed by atoms with Gasteiger partial charge in [-0.05, 0) is 35.9 Å². The van der Waals surface area contributed by atoms with Crippen LogP contribution in [0.25, 0.3) is 0 Å². The second-order valence-electron chi connectivity index (χ2n) is 4.03. The first-order valence-corrected chi connectivity index (χ1v) is 5.57. The molecule has 0 unspecified atom stereocenters. The normalized spacial score (nSPS) is 10.1. The van der Waals surface area contributed by atoms with Crippen molar-refractivity contribution in [3.63, 3.8) is 0 Å². The summed E-state index contributed by atoms with van der Waals surface area (Å²) in [5.74, 6) is -0.607. The molecule has 4 heteroatoms. The van der Waals surface area contributed by atoms with E-state index in [0.717, 1.165) is 5.56 Å². The number of rotatable bonds is 3. The summed E-state index contributed by atoms with van der Waals surface area (Å²) in [6.45, 7) is 0.470. The van der Waals surface area contributed by atoms with Crippen LogP contribution in [0.1, 0.15) is 15.9 Å². The van der Waals surface area contributed by atoms with Crippen molar-refractivity contribution >= 4 is 5.91 Å². The molecule has 0 saturated heterocycles. The van der Waals surface area contributed by atoms with Crippen LogP contribution < -0.4 is 0 Å². The molecule has 92 valence electrons. The SMILES string of the molecule is CN(Cc1ccncc1)C(=O)c1cccc(F)c1. The van der Waals surface area contributed by atoms with E-state index in [1.807, 2.05) is 12.1 Å². The Kier molecular flexibility index (Phi) is 3.67. The summed E-state index contributed by atoms with van der Waals surface area (Å²) in [6.07, 6.45) is 3.35. The van der Waals surface area contributed by atoms with E-state index >= 15 is 0 Å². The second-order valence-corrected chi connectivity index (χ2v) is 4.03. The number of hydrogen-bond acceptors (Lipinski definition) is 2. The Hall–Kier alpha value is -2.23. The monoisotopic (exact) mass is 244 g/mol. The number of hydrogen-bond donors (Lipinski definition) is 0. The Morgan fingerprint density at radius 3 is 2.67 bits per heavy atom. The predicted molar refractivity (Wildman–Crippen MR) is 66.4 cm³/mol. The molecule has 0 atom stereocenters. The number of carbonyl (C=O) groups is 1. The van der Waals surface area contributed by atoms with Gasteiger partial charge in [-0.15, -0.1) is 0 Å². The van der Waals surface area contributed by atoms with Gasteiger partial charge < -0.3 is 4.90 Å². The van der Waals surface area contributed by atoms with Gasteiger partial charge in [0.2, 0.25) is 0 Å². The van der Waals surface area contributed by atoms with Crippen molar-refractivity contribution in [3.8, 4) is 0 Å². The van der Waals surface area contributed by atoms with Gasteiger partial charge in [-0.3, -0.25) is 9.78 Å². The van der Waals surface area contributed by atoms with Crippen molar-refractivity contribution in [2.75, 3.05) is 7.05 Å². The van der Waals surface area contributed by atoms with Gasteiger partial charge in [-0.2, -0.15) is 0 Å². The van der Waals surface area contributed by atoms with Crippen LogP contribution in [0.5, 0.6) is 0 Å². The van der Waals surface area contributed by atoms with E-state index in [1.54, 1.807) is 30.4 Å². The average molecular weight is 244 g/mol. The molecule has 18 heavy (non-hydrogen) atoms. The molecule has 1 heterocycles. The van der Waals surface area contributed by atoms with E-state index in [-0.39, 0.29) is 5.91 Å². The molecule has 0 N–H and O–H groups in total. The minimum Gasteiger partial charge on any atom is -0.337 e. The molecule has 1 amide bonds. The third-order valence-electron chi connectivity index (χ3n) is 2.59. The predicted octanol–water partition coefficient (Wildman–Crippen LogP) is 2.49. The van der Waals surface area contributed by atoms with E-state index in [9.17, 15) is 9.18 Å². The minimum atomic E-state index is -0.404. The quantitative estimate of drug-likeness (QED) is 0.831. The van der Waals surface area contributed by atoms with Crippen molar-refractivity contribution in [2.24, 2.45) is 0 Å². The fourth-order valence-corrected chi connectivity index (χ4v) is 1.68. The van der Waals surface area contributed by atoms with Crippen molar-refractivity contribution in [2.45, 2.75) is 6.54 Å². The van der Waals surface area contributed by atoms with Crippen LogP contribution >= 0.6 is 0 Å². The van der Waals surface area contributed by atoms with E-state index in [4.69, 9.17) is 0 Å². The molecule has 0 bridgehead atoms. The maximum absolute atomic E-state index is 13.0. The van der Waals surface area contributed by atoms with E-state index in [1.165, 1.54) is 18.2 Å². The first kappa shape index (κ1) is 12.2. The highest BCUT2D eigenvalue weighted by Gasteiger charge is 2.12. The zero-order valence-corrected chi connectivity index (χ0v) is 10.0. The van der Waals surface area contributed by atoms with Gasteiger partial charge in [0.05, 0.1) is 0 Å². The number of benzene rings is 1. The lowest BCUT2D eigenvalue weighted by atomic mass is 10.2. The summed E-state index contributed by atoms with van der Waals surface area (Å²) < 4.78 is 13.0. The van der Waals surface area contributed by atoms with Crippen LogP contribution in [0.4, 0.5) is 4.39 Å². The number of carbonyl (C=O) groups excluding carboxylic acids is 1. The fourth-order valence-electron chi connectivity index (χ4n) is 1.68. The van der Waals surface area contributed by atoms with E-state index < -0.39 is 5.82 Å². The Bertz CT molecular complexity index is 543. The molecule has 0 radical (unpaired) electrons. The third-order valence-corrected chi connectivity index (χ3v) is 2.59. The fraction of sp³-hybridized carbons (Fsp3) is 0.143. The van der Waals surface area contributed by atoms with Crippen molar-refractivity contribution < 1.29 is 9.18 Å². The maximum Gasteiger partial charge on any atom is 0.253 e. The van der Waals surface area contributed by atoms with Gasteiger partial charge in [-0.25, -0.2) is 4.39 Å². The highest BCUT2D eigenvalue weighted by atomic mass is 19.1. The highest BCUT2D eigenvalue weighted by Crippen LogP contribution is 2.09. The number of aromatic nitrogens is 1. The molecule has 2 rings (SSSR count). The average Bonchev–Trinajstić information content (AvgIpc) is 2.39. The molecule has 3 nitrogen and oxygen atoms in total. The van der Waals surface area contributed by atoms with Gasteiger partial charge in [0.25, 0.3) is 5.91 Å². The standard InChI is InChI=1S/C14H13FN2O/c1-17(10-11-5-7-16-8-6-11)14(18)12-3-2-4-13(15)9-12/h2-9H,10H2,1H3. The summed E-state index contributed by atoms with van der Waals surface area (Å²) in [5, 5.41) is 0. The number of halogens is 1. The summed E-state index contributed by atoms with van der Waals surface area (Å²) in [5.41, 5.74) is 1.34. The largest absolute Gasteiger partial charge is 0.337 e. The minimum absolute atomic E-state index is 0.202. The van der Waals surface area contributed by atoms with Crippen LogP contribution in [-0.2, 0) is 6.54 Å². The van der Waals surface area contributed by atoms with Gasteiger partial charge in [0, 0.05) is 31.5 Å². The Morgan fingerprint density at radius 1 is 1.28 bits per heavy atom. The van der Waals surface area contributed by atoms with E-state index in [2.05, 4.69) is 4.98 Å². The molecular formula is C14H13FN2O. The van der Waals surface area contributed by atoms with Crippen molar-refractivity contribution in [1.29, 1.82) is 0 Å². The van der Waals surface area contributed by atoms with Crippen LogP contribution in [-0.4, -0.2) is 22.8 Å². The summed E-state index contributed by atoms with van der Waals surface area (Å²) in [6, 6.07) is 9.38. The lowest BCUT2D eigenvalue weighted by molar-refractivity contribution is 0.0784. The van der Waals surface area contributed by atoms with Crippen molar-refractivity contribution in [3.05, 3.63) is 65.7 Å². The summed E-state index contributed by atoms with van der Waals surface area (Å²) in [4.78, 5) is 17.5. The Morgan fingerprint density at radius 2 is 2.00 bits per heavy atom. The molecule has 0 aliphatic heterocycles. The van der Waals surface area contributed by atoms with Crippen LogP contribution in [0, 0.1) is 5.82 Å². The lowest BCUT2D eigenvalue weighted by Gasteiger charge is -2.17. The zero-order chi connectivity index (χ0) is 13.0.